The van der Waals surface area contributed by atoms with Crippen LogP contribution in [0, 0.1) is 5.82 Å². The summed E-state index contributed by atoms with van der Waals surface area (Å²) in [7, 11) is 1.61. The average molecular weight is 289 g/mol. The zero-order valence-electron chi connectivity index (χ0n) is 9.12. The molecule has 94 valence electrons. The fourth-order valence-electron chi connectivity index (χ4n) is 1.15. The molecule has 5 nitrogen and oxygen atoms in total. The molecule has 2 rings (SSSR count). The third kappa shape index (κ3) is 2.77. The van der Waals surface area contributed by atoms with Gasteiger partial charge in [-0.2, -0.15) is 15.0 Å². The smallest absolute Gasteiger partial charge is 0.328 e. The molecule has 1 heterocycles. The van der Waals surface area contributed by atoms with Crippen LogP contribution in [0.4, 0.5) is 10.3 Å². The Kier molecular flexibility index (Phi) is 3.78. The summed E-state index contributed by atoms with van der Waals surface area (Å²) in [5.41, 5.74) is 0. The summed E-state index contributed by atoms with van der Waals surface area (Å²) in [4.78, 5) is 11.4. The van der Waals surface area contributed by atoms with Gasteiger partial charge in [-0.15, -0.1) is 0 Å². The van der Waals surface area contributed by atoms with Gasteiger partial charge in [-0.1, -0.05) is 17.7 Å². The average Bonchev–Trinajstić information content (AvgIpc) is 2.34. The Morgan fingerprint density at radius 3 is 2.72 bits per heavy atom. The number of anilines is 1. The number of hydrogen-bond donors (Lipinski definition) is 1. The summed E-state index contributed by atoms with van der Waals surface area (Å²) in [6, 6.07) is 4.23. The van der Waals surface area contributed by atoms with Gasteiger partial charge in [-0.25, -0.2) is 4.39 Å². The summed E-state index contributed by atoms with van der Waals surface area (Å²) in [5.74, 6) is -0.569. The van der Waals surface area contributed by atoms with Crippen LogP contribution in [0.1, 0.15) is 0 Å². The van der Waals surface area contributed by atoms with Crippen LogP contribution in [0.2, 0.25) is 10.3 Å². The third-order valence-corrected chi connectivity index (χ3v) is 2.39. The number of nitrogens with one attached hydrogen (secondary N) is 1. The standard InChI is InChI=1S/C10H7Cl2FN4O/c1-14-9-15-8(12)16-10(17-9)18-6-4-2-3-5(11)7(6)13/h2-4H,1H3,(H,14,15,16,17). The minimum absolute atomic E-state index is 0.0542. The molecule has 1 aromatic carbocycles. The Morgan fingerprint density at radius 1 is 1.22 bits per heavy atom. The first-order valence-electron chi connectivity index (χ1n) is 4.81. The first-order valence-corrected chi connectivity index (χ1v) is 5.57. The third-order valence-electron chi connectivity index (χ3n) is 1.93. The fraction of sp³-hybridized carbons (Fsp3) is 0.100. The van der Waals surface area contributed by atoms with Crippen LogP contribution < -0.4 is 10.1 Å². The molecular formula is C10H7Cl2FN4O. The van der Waals surface area contributed by atoms with E-state index in [0.717, 1.165) is 0 Å². The molecule has 0 radical (unpaired) electrons. The minimum Gasteiger partial charge on any atom is -0.421 e. The Labute approximate surface area is 112 Å². The highest BCUT2D eigenvalue weighted by molar-refractivity contribution is 6.30. The van der Waals surface area contributed by atoms with Crippen molar-refractivity contribution in [2.75, 3.05) is 12.4 Å². The van der Waals surface area contributed by atoms with E-state index in [4.69, 9.17) is 27.9 Å². The van der Waals surface area contributed by atoms with E-state index in [9.17, 15) is 4.39 Å². The number of ether oxygens (including phenoxy) is 1. The van der Waals surface area contributed by atoms with Gasteiger partial charge >= 0.3 is 6.01 Å². The zero-order valence-corrected chi connectivity index (χ0v) is 10.6. The molecule has 2 aromatic rings. The molecule has 0 aliphatic heterocycles. The van der Waals surface area contributed by atoms with Gasteiger partial charge in [0.05, 0.1) is 5.02 Å². The molecule has 1 aromatic heterocycles. The van der Waals surface area contributed by atoms with Gasteiger partial charge in [-0.3, -0.25) is 0 Å². The molecule has 0 unspecified atom stereocenters. The van der Waals surface area contributed by atoms with Crippen molar-refractivity contribution in [2.45, 2.75) is 0 Å². The van der Waals surface area contributed by atoms with Crippen molar-refractivity contribution >= 4 is 29.2 Å². The number of aromatic nitrogens is 3. The Morgan fingerprint density at radius 2 is 2.00 bits per heavy atom. The van der Waals surface area contributed by atoms with E-state index < -0.39 is 5.82 Å². The van der Waals surface area contributed by atoms with Crippen LogP contribution in [0.3, 0.4) is 0 Å². The van der Waals surface area contributed by atoms with E-state index in [0.29, 0.717) is 0 Å². The van der Waals surface area contributed by atoms with Crippen molar-refractivity contribution in [3.05, 3.63) is 34.3 Å². The van der Waals surface area contributed by atoms with Crippen LogP contribution >= 0.6 is 23.2 Å². The van der Waals surface area contributed by atoms with Gasteiger partial charge in [0.1, 0.15) is 0 Å². The molecule has 18 heavy (non-hydrogen) atoms. The van der Waals surface area contributed by atoms with Crippen molar-refractivity contribution in [2.24, 2.45) is 0 Å². The largest absolute Gasteiger partial charge is 0.421 e. The predicted octanol–water partition coefficient (Wildman–Crippen LogP) is 3.15. The number of halogens is 3. The van der Waals surface area contributed by atoms with Crippen LogP contribution in [-0.4, -0.2) is 22.0 Å². The van der Waals surface area contributed by atoms with Gasteiger partial charge in [0.2, 0.25) is 11.2 Å². The SMILES string of the molecule is CNc1nc(Cl)nc(Oc2cccc(Cl)c2F)n1. The van der Waals surface area contributed by atoms with Crippen molar-refractivity contribution in [1.82, 2.24) is 15.0 Å². The summed E-state index contributed by atoms with van der Waals surface area (Å²) < 4.78 is 18.8. The molecule has 0 spiro atoms. The number of hydrogen-bond acceptors (Lipinski definition) is 5. The second-order valence-electron chi connectivity index (χ2n) is 3.11. The molecular weight excluding hydrogens is 282 g/mol. The van der Waals surface area contributed by atoms with Gasteiger partial charge in [0, 0.05) is 7.05 Å². The summed E-state index contributed by atoms with van der Waals surface area (Å²) in [5, 5.41) is 2.56. The maximum atomic E-state index is 13.6. The van der Waals surface area contributed by atoms with Crippen LogP contribution in [0.15, 0.2) is 18.2 Å². The lowest BCUT2D eigenvalue weighted by Crippen LogP contribution is -2.01. The normalized spacial score (nSPS) is 10.2. The Balaban J connectivity index is 2.34. The second kappa shape index (κ2) is 5.32. The Bertz CT molecular complexity index is 582. The zero-order chi connectivity index (χ0) is 13.1. The van der Waals surface area contributed by atoms with Crippen LogP contribution in [0.25, 0.3) is 0 Å². The molecule has 0 bridgehead atoms. The molecule has 1 N–H and O–H groups in total. The highest BCUT2D eigenvalue weighted by Crippen LogP contribution is 2.27. The molecule has 0 saturated carbocycles. The van der Waals surface area contributed by atoms with E-state index >= 15 is 0 Å². The number of nitrogens with zero attached hydrogens (tertiary/aromatic N) is 3. The predicted molar refractivity (Wildman–Crippen MR) is 65.9 cm³/mol. The lowest BCUT2D eigenvalue weighted by molar-refractivity contribution is 0.410. The molecule has 8 heteroatoms. The van der Waals surface area contributed by atoms with Crippen molar-refractivity contribution < 1.29 is 9.13 Å². The maximum Gasteiger partial charge on any atom is 0.328 e. The molecule has 0 aliphatic rings. The molecule has 0 fully saturated rings. The maximum absolute atomic E-state index is 13.6. The van der Waals surface area contributed by atoms with Gasteiger partial charge in [-0.05, 0) is 23.7 Å². The molecule has 0 saturated heterocycles. The van der Waals surface area contributed by atoms with Crippen molar-refractivity contribution in [3.8, 4) is 11.8 Å². The highest BCUT2D eigenvalue weighted by Gasteiger charge is 2.11. The second-order valence-corrected chi connectivity index (χ2v) is 3.86. The van der Waals surface area contributed by atoms with E-state index in [1.165, 1.54) is 12.1 Å². The lowest BCUT2D eigenvalue weighted by atomic mass is 10.3. The summed E-state index contributed by atoms with van der Waals surface area (Å²) >= 11 is 11.3. The van der Waals surface area contributed by atoms with E-state index in [1.807, 2.05) is 0 Å². The van der Waals surface area contributed by atoms with E-state index in [2.05, 4.69) is 20.3 Å². The molecule has 0 amide bonds. The first-order chi connectivity index (χ1) is 8.60. The highest BCUT2D eigenvalue weighted by atomic mass is 35.5. The van der Waals surface area contributed by atoms with Gasteiger partial charge in [0.25, 0.3) is 0 Å². The van der Waals surface area contributed by atoms with Crippen LogP contribution in [0.5, 0.6) is 11.8 Å². The van der Waals surface area contributed by atoms with Gasteiger partial charge < -0.3 is 10.1 Å². The topological polar surface area (TPSA) is 59.9 Å². The number of rotatable bonds is 3. The van der Waals surface area contributed by atoms with Crippen LogP contribution in [-0.2, 0) is 0 Å². The quantitative estimate of drug-likeness (QED) is 0.940. The molecule has 0 atom stereocenters. The monoisotopic (exact) mass is 288 g/mol. The van der Waals surface area contributed by atoms with Crippen molar-refractivity contribution in [1.29, 1.82) is 0 Å². The molecule has 0 aliphatic carbocycles. The van der Waals surface area contributed by atoms with E-state index in [-0.39, 0.29) is 28.0 Å². The minimum atomic E-state index is -0.693. The lowest BCUT2D eigenvalue weighted by Gasteiger charge is -2.06. The van der Waals surface area contributed by atoms with Gasteiger partial charge in [0.15, 0.2) is 11.6 Å². The van der Waals surface area contributed by atoms with Crippen molar-refractivity contribution in [3.63, 3.8) is 0 Å². The summed E-state index contributed by atoms with van der Waals surface area (Å²) in [6.45, 7) is 0. The summed E-state index contributed by atoms with van der Waals surface area (Å²) in [6.07, 6.45) is 0. The first kappa shape index (κ1) is 12.8. The van der Waals surface area contributed by atoms with E-state index in [1.54, 1.807) is 13.1 Å². The number of benzene rings is 1. The Hall–Kier alpha value is -1.66. The fourth-order valence-corrected chi connectivity index (χ4v) is 1.47.